The topological polar surface area (TPSA) is 56.2 Å². The van der Waals surface area contributed by atoms with E-state index in [1.54, 1.807) is 7.05 Å². The van der Waals surface area contributed by atoms with Gasteiger partial charge in [-0.15, -0.1) is 0 Å². The molecule has 1 saturated heterocycles. The summed E-state index contributed by atoms with van der Waals surface area (Å²) in [5.74, 6) is 0.939. The Morgan fingerprint density at radius 1 is 1.44 bits per heavy atom. The molecule has 0 amide bonds. The van der Waals surface area contributed by atoms with Crippen LogP contribution in [0.25, 0.3) is 0 Å². The zero-order valence-corrected chi connectivity index (χ0v) is 12.8. The molecule has 1 unspecified atom stereocenters. The van der Waals surface area contributed by atoms with Crippen molar-refractivity contribution >= 4 is 13.0 Å². The summed E-state index contributed by atoms with van der Waals surface area (Å²) in [6.45, 7) is 14.8. The molecule has 4 nitrogen and oxygen atoms in total. The first-order chi connectivity index (χ1) is 8.60. The number of hydrogen-bond acceptors (Lipinski definition) is 4. The van der Waals surface area contributed by atoms with E-state index in [2.05, 4.69) is 37.5 Å². The minimum Gasteiger partial charge on any atom is -0.386 e. The molecule has 0 aliphatic carbocycles. The molecular formula is C14H31N3O. The SMILES string of the molecule is C=C(C=O)NC.C=N.CC.CC1CCCN(C)C1. The number of piperidine rings is 1. The average Bonchev–Trinajstić information content (AvgIpc) is 2.43. The van der Waals surface area contributed by atoms with Gasteiger partial charge in [0.15, 0.2) is 6.29 Å². The molecule has 1 heterocycles. The largest absolute Gasteiger partial charge is 0.386 e. The van der Waals surface area contributed by atoms with Gasteiger partial charge in [0.1, 0.15) is 0 Å². The number of likely N-dealkylation sites (tertiary alicyclic amines) is 1. The summed E-state index contributed by atoms with van der Waals surface area (Å²) in [5, 5.41) is 8.05. The molecule has 0 spiro atoms. The normalized spacial score (nSPS) is 17.5. The molecule has 4 heteroatoms. The molecule has 0 saturated carbocycles. The van der Waals surface area contributed by atoms with Gasteiger partial charge in [0.05, 0.1) is 5.70 Å². The Morgan fingerprint density at radius 3 is 2.11 bits per heavy atom. The highest BCUT2D eigenvalue weighted by Gasteiger charge is 2.11. The fourth-order valence-corrected chi connectivity index (χ4v) is 1.48. The maximum Gasteiger partial charge on any atom is 0.165 e. The Labute approximate surface area is 113 Å². The van der Waals surface area contributed by atoms with Crippen molar-refractivity contribution in [1.29, 1.82) is 5.41 Å². The molecule has 0 bridgehead atoms. The van der Waals surface area contributed by atoms with Gasteiger partial charge in [0.2, 0.25) is 0 Å². The minimum atomic E-state index is 0.412. The molecule has 1 fully saturated rings. The molecule has 0 radical (unpaired) electrons. The predicted molar refractivity (Wildman–Crippen MR) is 81.3 cm³/mol. The van der Waals surface area contributed by atoms with E-state index >= 15 is 0 Å². The fourth-order valence-electron chi connectivity index (χ4n) is 1.48. The summed E-state index contributed by atoms with van der Waals surface area (Å²) in [6.07, 6.45) is 3.50. The lowest BCUT2D eigenvalue weighted by atomic mass is 10.0. The minimum absolute atomic E-state index is 0.412. The monoisotopic (exact) mass is 257 g/mol. The van der Waals surface area contributed by atoms with Crippen LogP contribution in [0.3, 0.4) is 0 Å². The number of nitrogens with one attached hydrogen (secondary N) is 2. The number of likely N-dealkylation sites (N-methyl/N-ethyl adjacent to an activating group) is 1. The predicted octanol–water partition coefficient (Wildman–Crippen LogP) is 2.56. The summed E-state index contributed by atoms with van der Waals surface area (Å²) in [7, 11) is 3.85. The molecule has 0 aromatic rings. The molecule has 18 heavy (non-hydrogen) atoms. The first-order valence-electron chi connectivity index (χ1n) is 6.46. The zero-order valence-electron chi connectivity index (χ0n) is 12.8. The standard InChI is InChI=1S/C7H15N.C4H7NO.C2H6.CH3N/c1-7-4-3-5-8(2)6-7;1-4(3-6)5-2;2*1-2/h7H,3-6H2,1-2H3;3,5H,1H2,2H3;1-2H3;2H,1H2. The fraction of sp³-hybridized carbons (Fsp3) is 0.714. The van der Waals surface area contributed by atoms with Crippen molar-refractivity contribution in [3.63, 3.8) is 0 Å². The van der Waals surface area contributed by atoms with E-state index < -0.39 is 0 Å². The summed E-state index contributed by atoms with van der Waals surface area (Å²) >= 11 is 0. The molecule has 1 atom stereocenters. The quantitative estimate of drug-likeness (QED) is 0.454. The number of rotatable bonds is 2. The van der Waals surface area contributed by atoms with Gasteiger partial charge < -0.3 is 15.6 Å². The summed E-state index contributed by atoms with van der Waals surface area (Å²) in [5.41, 5.74) is 0.412. The van der Waals surface area contributed by atoms with Crippen LogP contribution >= 0.6 is 0 Å². The zero-order chi connectivity index (χ0) is 15.0. The average molecular weight is 257 g/mol. The highest BCUT2D eigenvalue weighted by atomic mass is 16.1. The molecule has 1 aliphatic rings. The van der Waals surface area contributed by atoms with Gasteiger partial charge >= 0.3 is 0 Å². The van der Waals surface area contributed by atoms with Gasteiger partial charge in [-0.25, -0.2) is 0 Å². The Bertz CT molecular complexity index is 187. The number of allylic oxidation sites excluding steroid dienone is 1. The van der Waals surface area contributed by atoms with E-state index in [9.17, 15) is 4.79 Å². The van der Waals surface area contributed by atoms with Crippen molar-refractivity contribution in [2.45, 2.75) is 33.6 Å². The van der Waals surface area contributed by atoms with Crippen LogP contribution in [0.2, 0.25) is 0 Å². The Kier molecular flexibility index (Phi) is 22.3. The summed E-state index contributed by atoms with van der Waals surface area (Å²) in [4.78, 5) is 12.0. The highest BCUT2D eigenvalue weighted by Crippen LogP contribution is 2.12. The van der Waals surface area contributed by atoms with Crippen molar-refractivity contribution < 1.29 is 4.79 Å². The van der Waals surface area contributed by atoms with Crippen LogP contribution in [-0.4, -0.2) is 45.1 Å². The number of hydrogen-bond donors (Lipinski definition) is 2. The molecule has 1 rings (SSSR count). The van der Waals surface area contributed by atoms with E-state index in [0.29, 0.717) is 12.0 Å². The van der Waals surface area contributed by atoms with Crippen molar-refractivity contribution in [3.05, 3.63) is 12.3 Å². The van der Waals surface area contributed by atoms with Crippen molar-refractivity contribution in [3.8, 4) is 0 Å². The Morgan fingerprint density at radius 2 is 1.94 bits per heavy atom. The smallest absolute Gasteiger partial charge is 0.165 e. The van der Waals surface area contributed by atoms with Gasteiger partial charge in [0, 0.05) is 13.6 Å². The number of aldehydes is 1. The molecule has 1 aliphatic heterocycles. The molecule has 0 aromatic carbocycles. The lowest BCUT2D eigenvalue weighted by molar-refractivity contribution is -0.105. The van der Waals surface area contributed by atoms with E-state index in [1.165, 1.54) is 25.9 Å². The number of nitrogens with zero attached hydrogens (tertiary/aromatic N) is 1. The first-order valence-corrected chi connectivity index (χ1v) is 6.46. The van der Waals surface area contributed by atoms with Crippen molar-refractivity contribution in [2.75, 3.05) is 27.2 Å². The number of carbonyl (C=O) groups excluding carboxylic acids is 1. The molecular weight excluding hydrogens is 226 g/mol. The van der Waals surface area contributed by atoms with E-state index in [1.807, 2.05) is 13.8 Å². The van der Waals surface area contributed by atoms with Gasteiger partial charge in [0.25, 0.3) is 0 Å². The van der Waals surface area contributed by atoms with Crippen LogP contribution in [0.4, 0.5) is 0 Å². The van der Waals surface area contributed by atoms with Gasteiger partial charge in [-0.3, -0.25) is 4.79 Å². The van der Waals surface area contributed by atoms with E-state index in [-0.39, 0.29) is 0 Å². The highest BCUT2D eigenvalue weighted by molar-refractivity contribution is 5.70. The van der Waals surface area contributed by atoms with Crippen molar-refractivity contribution in [1.82, 2.24) is 10.2 Å². The van der Waals surface area contributed by atoms with Crippen molar-refractivity contribution in [2.24, 2.45) is 5.92 Å². The summed E-state index contributed by atoms with van der Waals surface area (Å²) < 4.78 is 0. The van der Waals surface area contributed by atoms with Crippen LogP contribution < -0.4 is 5.32 Å². The van der Waals surface area contributed by atoms with E-state index in [0.717, 1.165) is 5.92 Å². The third kappa shape index (κ3) is 17.2. The third-order valence-corrected chi connectivity index (χ3v) is 2.32. The van der Waals surface area contributed by atoms with E-state index in [4.69, 9.17) is 5.41 Å². The van der Waals surface area contributed by atoms with Crippen LogP contribution in [0.1, 0.15) is 33.6 Å². The summed E-state index contributed by atoms with van der Waals surface area (Å²) in [6, 6.07) is 0. The third-order valence-electron chi connectivity index (χ3n) is 2.32. The molecule has 0 aromatic heterocycles. The maximum atomic E-state index is 9.57. The first kappa shape index (κ1) is 22.1. The Balaban J connectivity index is -0.000000201. The lowest BCUT2D eigenvalue weighted by Gasteiger charge is -2.26. The second-order valence-corrected chi connectivity index (χ2v) is 3.90. The van der Waals surface area contributed by atoms with Gasteiger partial charge in [-0.05, 0) is 39.1 Å². The van der Waals surface area contributed by atoms with Crippen LogP contribution in [0, 0.1) is 11.3 Å². The maximum absolute atomic E-state index is 9.57. The number of carbonyl (C=O) groups is 1. The van der Waals surface area contributed by atoms with Crippen LogP contribution in [0.15, 0.2) is 12.3 Å². The molecule has 2 N–H and O–H groups in total. The Hall–Kier alpha value is -1.16. The second-order valence-electron chi connectivity index (χ2n) is 3.90. The lowest BCUT2D eigenvalue weighted by Crippen LogP contribution is -2.30. The second kappa shape index (κ2) is 18.2. The van der Waals surface area contributed by atoms with Gasteiger partial charge in [-0.2, -0.15) is 0 Å². The van der Waals surface area contributed by atoms with Crippen LogP contribution in [0.5, 0.6) is 0 Å². The van der Waals surface area contributed by atoms with Crippen LogP contribution in [-0.2, 0) is 4.79 Å². The molecule has 108 valence electrons. The van der Waals surface area contributed by atoms with Gasteiger partial charge in [-0.1, -0.05) is 27.4 Å².